The van der Waals surface area contributed by atoms with Crippen LogP contribution in [-0.4, -0.2) is 0 Å². The molecule has 0 aliphatic heterocycles. The average Bonchev–Trinajstić information content (AvgIpc) is 3.04. The summed E-state index contributed by atoms with van der Waals surface area (Å²) in [5.41, 5.74) is 7.60. The maximum Gasteiger partial charge on any atom is 0.136 e. The number of hydrogen-bond acceptors (Lipinski definition) is 1. The molecule has 3 aromatic carbocycles. The Morgan fingerprint density at radius 3 is 2.21 bits per heavy atom. The number of rotatable bonds is 1. The van der Waals surface area contributed by atoms with Crippen LogP contribution in [0.1, 0.15) is 51.7 Å². The highest BCUT2D eigenvalue weighted by atomic mass is 35.5. The van der Waals surface area contributed by atoms with Gasteiger partial charge in [-0.2, -0.15) is 0 Å². The molecule has 1 heterocycles. The van der Waals surface area contributed by atoms with E-state index in [4.69, 9.17) is 16.0 Å². The van der Waals surface area contributed by atoms with Gasteiger partial charge in [0, 0.05) is 10.8 Å². The number of benzene rings is 3. The quantitative estimate of drug-likeness (QED) is 0.320. The molecule has 1 nitrogen and oxygen atoms in total. The second-order valence-corrected chi connectivity index (χ2v) is 9.86. The molecular formula is C26H25ClO. The van der Waals surface area contributed by atoms with Gasteiger partial charge < -0.3 is 4.42 Å². The molecule has 0 amide bonds. The summed E-state index contributed by atoms with van der Waals surface area (Å²) in [6, 6.07) is 19.3. The van der Waals surface area contributed by atoms with Gasteiger partial charge in [-0.1, -0.05) is 69.6 Å². The molecule has 0 unspecified atom stereocenters. The molecule has 0 spiro atoms. The van der Waals surface area contributed by atoms with Crippen LogP contribution in [-0.2, 0) is 10.8 Å². The van der Waals surface area contributed by atoms with Crippen LogP contribution in [0.15, 0.2) is 59.0 Å². The van der Waals surface area contributed by atoms with Gasteiger partial charge in [0.2, 0.25) is 0 Å². The Balaban J connectivity index is 1.72. The molecule has 0 radical (unpaired) electrons. The zero-order chi connectivity index (χ0) is 19.7. The fourth-order valence-corrected chi connectivity index (χ4v) is 5.00. The van der Waals surface area contributed by atoms with E-state index in [1.807, 2.05) is 18.2 Å². The predicted molar refractivity (Wildman–Crippen MR) is 119 cm³/mol. The van der Waals surface area contributed by atoms with E-state index >= 15 is 0 Å². The van der Waals surface area contributed by atoms with Crippen LogP contribution in [0.25, 0.3) is 33.1 Å². The molecule has 1 aliphatic rings. The lowest BCUT2D eigenvalue weighted by Crippen LogP contribution is -2.33. The standard InChI is InChI=1S/C26H25ClO/c1-25(2)12-13-26(3,4)20-15-17(8-10-19(20)25)16-9-11-22-18(14-16)24-21(27)6-5-7-23(24)28-22/h5-11,14-15H,12-13H2,1-4H3. The molecule has 5 rings (SSSR count). The summed E-state index contributed by atoms with van der Waals surface area (Å²) in [4.78, 5) is 0. The summed E-state index contributed by atoms with van der Waals surface area (Å²) in [5.74, 6) is 0. The normalized spacial score (nSPS) is 17.8. The van der Waals surface area contributed by atoms with Crippen molar-refractivity contribution in [3.05, 3.63) is 70.7 Å². The smallest absolute Gasteiger partial charge is 0.136 e. The molecule has 0 fully saturated rings. The van der Waals surface area contributed by atoms with Crippen LogP contribution in [0.3, 0.4) is 0 Å². The van der Waals surface area contributed by atoms with E-state index in [2.05, 4.69) is 64.1 Å². The number of halogens is 1. The summed E-state index contributed by atoms with van der Waals surface area (Å²) in [6.45, 7) is 9.48. The largest absolute Gasteiger partial charge is 0.456 e. The summed E-state index contributed by atoms with van der Waals surface area (Å²) < 4.78 is 5.99. The molecule has 0 saturated carbocycles. The summed E-state index contributed by atoms with van der Waals surface area (Å²) in [5, 5.41) is 2.82. The third kappa shape index (κ3) is 2.60. The van der Waals surface area contributed by atoms with Gasteiger partial charge in [-0.15, -0.1) is 0 Å². The third-order valence-corrected chi connectivity index (χ3v) is 6.95. The van der Waals surface area contributed by atoms with E-state index in [-0.39, 0.29) is 10.8 Å². The minimum atomic E-state index is 0.205. The van der Waals surface area contributed by atoms with Crippen LogP contribution in [0, 0.1) is 0 Å². The van der Waals surface area contributed by atoms with Crippen LogP contribution in [0.5, 0.6) is 0 Å². The molecule has 0 bridgehead atoms. The topological polar surface area (TPSA) is 13.1 Å². The van der Waals surface area contributed by atoms with Crippen LogP contribution in [0.2, 0.25) is 5.02 Å². The van der Waals surface area contributed by atoms with E-state index in [1.54, 1.807) is 0 Å². The van der Waals surface area contributed by atoms with E-state index in [9.17, 15) is 0 Å². The van der Waals surface area contributed by atoms with Gasteiger partial charge in [0.1, 0.15) is 11.2 Å². The molecule has 4 aromatic rings. The molecule has 142 valence electrons. The lowest BCUT2D eigenvalue weighted by Gasteiger charge is -2.42. The molecule has 1 aromatic heterocycles. The van der Waals surface area contributed by atoms with Gasteiger partial charge in [-0.25, -0.2) is 0 Å². The van der Waals surface area contributed by atoms with Crippen molar-refractivity contribution < 1.29 is 4.42 Å². The first kappa shape index (κ1) is 17.8. The van der Waals surface area contributed by atoms with Crippen molar-refractivity contribution in [1.82, 2.24) is 0 Å². The second-order valence-electron chi connectivity index (χ2n) is 9.45. The maximum atomic E-state index is 6.48. The first-order valence-corrected chi connectivity index (χ1v) is 10.4. The third-order valence-electron chi connectivity index (χ3n) is 6.63. The molecule has 1 aliphatic carbocycles. The SMILES string of the molecule is CC1(C)CCC(C)(C)c2cc(-c3ccc4oc5cccc(Cl)c5c4c3)ccc21. The molecule has 0 atom stereocenters. The van der Waals surface area contributed by atoms with E-state index in [1.165, 1.54) is 35.1 Å². The Hall–Kier alpha value is -2.25. The van der Waals surface area contributed by atoms with Crippen molar-refractivity contribution in [2.24, 2.45) is 0 Å². The summed E-state index contributed by atoms with van der Waals surface area (Å²) in [6.07, 6.45) is 2.45. The van der Waals surface area contributed by atoms with Crippen LogP contribution in [0.4, 0.5) is 0 Å². The number of fused-ring (bicyclic) bond motifs is 4. The van der Waals surface area contributed by atoms with Crippen LogP contribution < -0.4 is 0 Å². The molecule has 28 heavy (non-hydrogen) atoms. The van der Waals surface area contributed by atoms with Crippen molar-refractivity contribution in [1.29, 1.82) is 0 Å². The Labute approximate surface area is 171 Å². The zero-order valence-electron chi connectivity index (χ0n) is 16.9. The van der Waals surface area contributed by atoms with Gasteiger partial charge in [0.25, 0.3) is 0 Å². The van der Waals surface area contributed by atoms with Crippen molar-refractivity contribution in [2.75, 3.05) is 0 Å². The van der Waals surface area contributed by atoms with Crippen molar-refractivity contribution >= 4 is 33.5 Å². The average molecular weight is 389 g/mol. The van der Waals surface area contributed by atoms with Gasteiger partial charge in [0.05, 0.1) is 5.02 Å². The fourth-order valence-electron chi connectivity index (χ4n) is 4.73. The molecule has 0 saturated heterocycles. The fraction of sp³-hybridized carbons (Fsp3) is 0.308. The Bertz CT molecular complexity index is 1230. The first-order valence-electron chi connectivity index (χ1n) is 10.0. The van der Waals surface area contributed by atoms with Crippen molar-refractivity contribution in [3.63, 3.8) is 0 Å². The Kier molecular flexibility index (Phi) is 3.74. The molecule has 0 N–H and O–H groups in total. The number of furan rings is 1. The van der Waals surface area contributed by atoms with Crippen molar-refractivity contribution in [3.8, 4) is 11.1 Å². The molecule has 2 heteroatoms. The van der Waals surface area contributed by atoms with Gasteiger partial charge in [0.15, 0.2) is 0 Å². The lowest BCUT2D eigenvalue weighted by molar-refractivity contribution is 0.332. The highest BCUT2D eigenvalue weighted by Crippen LogP contribution is 2.47. The maximum absolute atomic E-state index is 6.48. The number of hydrogen-bond donors (Lipinski definition) is 0. The zero-order valence-corrected chi connectivity index (χ0v) is 17.7. The minimum Gasteiger partial charge on any atom is -0.456 e. The van der Waals surface area contributed by atoms with E-state index in [0.29, 0.717) is 0 Å². The summed E-state index contributed by atoms with van der Waals surface area (Å²) >= 11 is 6.48. The minimum absolute atomic E-state index is 0.205. The Morgan fingerprint density at radius 2 is 1.43 bits per heavy atom. The van der Waals surface area contributed by atoms with Gasteiger partial charge in [-0.3, -0.25) is 0 Å². The first-order chi connectivity index (χ1) is 13.3. The highest BCUT2D eigenvalue weighted by Gasteiger charge is 2.36. The van der Waals surface area contributed by atoms with Gasteiger partial charge >= 0.3 is 0 Å². The van der Waals surface area contributed by atoms with Gasteiger partial charge in [-0.05, 0) is 70.2 Å². The van der Waals surface area contributed by atoms with E-state index < -0.39 is 0 Å². The monoisotopic (exact) mass is 388 g/mol. The highest BCUT2D eigenvalue weighted by molar-refractivity contribution is 6.37. The summed E-state index contributed by atoms with van der Waals surface area (Å²) in [7, 11) is 0. The van der Waals surface area contributed by atoms with E-state index in [0.717, 1.165) is 27.0 Å². The predicted octanol–water partition coefficient (Wildman–Crippen LogP) is 8.26. The molecular weight excluding hydrogens is 364 g/mol. The van der Waals surface area contributed by atoms with Crippen LogP contribution >= 0.6 is 11.6 Å². The lowest BCUT2D eigenvalue weighted by atomic mass is 9.63. The Morgan fingerprint density at radius 1 is 0.750 bits per heavy atom. The van der Waals surface area contributed by atoms with Crippen molar-refractivity contribution in [2.45, 2.75) is 51.4 Å². The second kappa shape index (κ2) is 5.87.